The van der Waals surface area contributed by atoms with E-state index in [1.165, 1.54) is 18.8 Å². The van der Waals surface area contributed by atoms with Gasteiger partial charge < -0.3 is 5.73 Å². The third kappa shape index (κ3) is 3.09. The molecule has 1 aromatic rings. The Bertz CT molecular complexity index is 457. The van der Waals surface area contributed by atoms with Crippen molar-refractivity contribution in [3.05, 3.63) is 12.4 Å². The summed E-state index contributed by atoms with van der Waals surface area (Å²) in [6.07, 6.45) is 7.21. The van der Waals surface area contributed by atoms with E-state index in [4.69, 9.17) is 5.73 Å². The van der Waals surface area contributed by atoms with Gasteiger partial charge in [-0.2, -0.15) is 5.10 Å². The summed E-state index contributed by atoms with van der Waals surface area (Å²) in [4.78, 5) is 0.183. The van der Waals surface area contributed by atoms with Crippen LogP contribution >= 0.6 is 0 Å². The first-order valence-electron chi connectivity index (χ1n) is 6.32. The summed E-state index contributed by atoms with van der Waals surface area (Å²) in [6, 6.07) is 0. The molecule has 1 aliphatic carbocycles. The topological polar surface area (TPSA) is 101 Å². The van der Waals surface area contributed by atoms with Gasteiger partial charge in [0.1, 0.15) is 4.90 Å². The summed E-state index contributed by atoms with van der Waals surface area (Å²) < 4.78 is 26.5. The number of rotatable bonds is 5. The van der Waals surface area contributed by atoms with Crippen LogP contribution in [0.1, 0.15) is 25.7 Å². The van der Waals surface area contributed by atoms with Crippen molar-refractivity contribution in [1.82, 2.24) is 14.9 Å². The number of aromatic nitrogens is 2. The Morgan fingerprint density at radius 3 is 2.72 bits per heavy atom. The highest BCUT2D eigenvalue weighted by Gasteiger charge is 2.25. The molecule has 0 spiro atoms. The smallest absolute Gasteiger partial charge is 0.243 e. The molecule has 2 rings (SSSR count). The van der Waals surface area contributed by atoms with Crippen molar-refractivity contribution in [1.29, 1.82) is 0 Å². The van der Waals surface area contributed by atoms with Crippen LogP contribution in [-0.2, 0) is 10.0 Å². The molecule has 2 atom stereocenters. The summed E-state index contributed by atoms with van der Waals surface area (Å²) in [7, 11) is -3.43. The zero-order valence-corrected chi connectivity index (χ0v) is 11.1. The second kappa shape index (κ2) is 5.81. The average Bonchev–Trinajstić information content (AvgIpc) is 2.91. The Morgan fingerprint density at radius 2 is 2.11 bits per heavy atom. The summed E-state index contributed by atoms with van der Waals surface area (Å²) in [5.74, 6) is 0.788. The summed E-state index contributed by atoms with van der Waals surface area (Å²) >= 11 is 0. The van der Waals surface area contributed by atoms with E-state index < -0.39 is 10.0 Å². The molecule has 1 heterocycles. The Labute approximate surface area is 107 Å². The number of H-pyrrole nitrogens is 1. The van der Waals surface area contributed by atoms with Crippen LogP contribution in [0.15, 0.2) is 17.3 Å². The fraction of sp³-hybridized carbons (Fsp3) is 0.727. The lowest BCUT2D eigenvalue weighted by Crippen LogP contribution is -2.36. The zero-order valence-electron chi connectivity index (χ0n) is 10.3. The molecule has 4 N–H and O–H groups in total. The summed E-state index contributed by atoms with van der Waals surface area (Å²) in [6.45, 7) is 1.10. The lowest BCUT2D eigenvalue weighted by Gasteiger charge is -2.30. The van der Waals surface area contributed by atoms with Gasteiger partial charge in [-0.1, -0.05) is 12.8 Å². The van der Waals surface area contributed by atoms with E-state index in [9.17, 15) is 8.42 Å². The second-order valence-electron chi connectivity index (χ2n) is 4.83. The van der Waals surface area contributed by atoms with E-state index in [0.717, 1.165) is 19.3 Å². The molecule has 102 valence electrons. The zero-order chi connectivity index (χ0) is 13.0. The Kier molecular flexibility index (Phi) is 4.36. The van der Waals surface area contributed by atoms with E-state index in [0.29, 0.717) is 24.9 Å². The van der Waals surface area contributed by atoms with Crippen molar-refractivity contribution >= 4 is 10.0 Å². The predicted octanol–water partition coefficient (Wildman–Crippen LogP) is 0.453. The van der Waals surface area contributed by atoms with Crippen LogP contribution in [0.3, 0.4) is 0 Å². The molecule has 0 saturated heterocycles. The standard InChI is InChI=1S/C11H20N4O2S/c12-5-9-3-1-2-4-10(9)6-15-18(16,17)11-7-13-14-8-11/h7-10,15H,1-6,12H2,(H,13,14). The highest BCUT2D eigenvalue weighted by Crippen LogP contribution is 2.28. The second-order valence-corrected chi connectivity index (χ2v) is 6.59. The monoisotopic (exact) mass is 272 g/mol. The number of aromatic amines is 1. The fourth-order valence-electron chi connectivity index (χ4n) is 2.55. The average molecular weight is 272 g/mol. The van der Waals surface area contributed by atoms with Gasteiger partial charge in [0.25, 0.3) is 0 Å². The van der Waals surface area contributed by atoms with E-state index in [1.807, 2.05) is 0 Å². The lowest BCUT2D eigenvalue weighted by molar-refractivity contribution is 0.244. The van der Waals surface area contributed by atoms with Gasteiger partial charge in [0, 0.05) is 12.7 Å². The maximum absolute atomic E-state index is 11.9. The highest BCUT2D eigenvalue weighted by molar-refractivity contribution is 7.89. The van der Waals surface area contributed by atoms with Gasteiger partial charge in [-0.15, -0.1) is 0 Å². The van der Waals surface area contributed by atoms with Gasteiger partial charge in [-0.3, -0.25) is 5.10 Å². The van der Waals surface area contributed by atoms with E-state index >= 15 is 0 Å². The molecular formula is C11H20N4O2S. The van der Waals surface area contributed by atoms with Crippen LogP contribution in [0.2, 0.25) is 0 Å². The van der Waals surface area contributed by atoms with Gasteiger partial charge in [-0.05, 0) is 31.2 Å². The number of hydrogen-bond donors (Lipinski definition) is 3. The van der Waals surface area contributed by atoms with Crippen LogP contribution in [-0.4, -0.2) is 31.7 Å². The van der Waals surface area contributed by atoms with Crippen LogP contribution in [0.5, 0.6) is 0 Å². The summed E-state index contributed by atoms with van der Waals surface area (Å²) in [5, 5.41) is 6.15. The van der Waals surface area contributed by atoms with Crippen molar-refractivity contribution in [2.75, 3.05) is 13.1 Å². The van der Waals surface area contributed by atoms with Gasteiger partial charge in [0.05, 0.1) is 6.20 Å². The van der Waals surface area contributed by atoms with Crippen LogP contribution in [0.4, 0.5) is 0 Å². The Hall–Kier alpha value is -0.920. The first kappa shape index (κ1) is 13.5. The Balaban J connectivity index is 1.94. The molecule has 18 heavy (non-hydrogen) atoms. The fourth-order valence-corrected chi connectivity index (χ4v) is 3.55. The number of sulfonamides is 1. The SMILES string of the molecule is NCC1CCCCC1CNS(=O)(=O)c1cn[nH]c1. The third-order valence-electron chi connectivity index (χ3n) is 3.69. The molecule has 0 amide bonds. The van der Waals surface area contributed by atoms with Crippen LogP contribution in [0, 0.1) is 11.8 Å². The number of nitrogens with one attached hydrogen (secondary N) is 2. The molecule has 0 aromatic carbocycles. The van der Waals surface area contributed by atoms with Crippen molar-refractivity contribution in [2.24, 2.45) is 17.6 Å². The molecule has 1 aliphatic rings. The lowest BCUT2D eigenvalue weighted by atomic mass is 9.79. The molecule has 7 heteroatoms. The van der Waals surface area contributed by atoms with Gasteiger partial charge in [-0.25, -0.2) is 13.1 Å². The molecule has 0 aliphatic heterocycles. The molecule has 1 saturated carbocycles. The minimum absolute atomic E-state index is 0.183. The number of nitrogens with zero attached hydrogens (tertiary/aromatic N) is 1. The van der Waals surface area contributed by atoms with Gasteiger partial charge in [0.2, 0.25) is 10.0 Å². The van der Waals surface area contributed by atoms with Crippen molar-refractivity contribution < 1.29 is 8.42 Å². The molecule has 1 aromatic heterocycles. The van der Waals surface area contributed by atoms with Crippen LogP contribution in [0.25, 0.3) is 0 Å². The van der Waals surface area contributed by atoms with Crippen molar-refractivity contribution in [3.63, 3.8) is 0 Å². The quantitative estimate of drug-likeness (QED) is 0.724. The molecule has 0 radical (unpaired) electrons. The first-order chi connectivity index (χ1) is 8.63. The summed E-state index contributed by atoms with van der Waals surface area (Å²) in [5.41, 5.74) is 5.74. The third-order valence-corrected chi connectivity index (χ3v) is 5.08. The van der Waals surface area contributed by atoms with E-state index in [2.05, 4.69) is 14.9 Å². The highest BCUT2D eigenvalue weighted by atomic mass is 32.2. The van der Waals surface area contributed by atoms with Crippen LogP contribution < -0.4 is 10.5 Å². The van der Waals surface area contributed by atoms with Crippen molar-refractivity contribution in [2.45, 2.75) is 30.6 Å². The molecular weight excluding hydrogens is 252 g/mol. The van der Waals surface area contributed by atoms with Gasteiger partial charge >= 0.3 is 0 Å². The Morgan fingerprint density at radius 1 is 1.39 bits per heavy atom. The normalized spacial score (nSPS) is 25.2. The molecule has 6 nitrogen and oxygen atoms in total. The van der Waals surface area contributed by atoms with E-state index in [1.54, 1.807) is 0 Å². The minimum atomic E-state index is -3.43. The van der Waals surface area contributed by atoms with Gasteiger partial charge in [0.15, 0.2) is 0 Å². The molecule has 1 fully saturated rings. The maximum atomic E-state index is 11.9. The number of nitrogens with two attached hydrogens (primary N) is 1. The number of hydrogen-bond acceptors (Lipinski definition) is 4. The molecule has 2 unspecified atom stereocenters. The van der Waals surface area contributed by atoms with E-state index in [-0.39, 0.29) is 4.90 Å². The molecule has 0 bridgehead atoms. The predicted molar refractivity (Wildman–Crippen MR) is 68.3 cm³/mol. The minimum Gasteiger partial charge on any atom is -0.330 e. The van der Waals surface area contributed by atoms with Crippen molar-refractivity contribution in [3.8, 4) is 0 Å². The maximum Gasteiger partial charge on any atom is 0.243 e. The largest absolute Gasteiger partial charge is 0.330 e. The first-order valence-corrected chi connectivity index (χ1v) is 7.80.